The zero-order valence-corrected chi connectivity index (χ0v) is 10.1. The van der Waals surface area contributed by atoms with Crippen molar-refractivity contribution in [3.05, 3.63) is 0 Å². The average molecular weight is 229 g/mol. The van der Waals surface area contributed by atoms with Crippen LogP contribution >= 0.6 is 11.8 Å². The van der Waals surface area contributed by atoms with Crippen molar-refractivity contribution in [2.24, 2.45) is 10.9 Å². The van der Waals surface area contributed by atoms with Crippen LogP contribution in [0.3, 0.4) is 0 Å². The van der Waals surface area contributed by atoms with E-state index in [-0.39, 0.29) is 5.92 Å². The van der Waals surface area contributed by atoms with Gasteiger partial charge in [0.05, 0.1) is 7.11 Å². The van der Waals surface area contributed by atoms with Crippen LogP contribution in [0.2, 0.25) is 0 Å². The number of carbonyl (C=O) groups excluding carboxylic acids is 1. The van der Waals surface area contributed by atoms with Crippen molar-refractivity contribution >= 4 is 22.9 Å². The predicted molar refractivity (Wildman–Crippen MR) is 60.3 cm³/mol. The van der Waals surface area contributed by atoms with E-state index in [1.165, 1.54) is 18.9 Å². The summed E-state index contributed by atoms with van der Waals surface area (Å²) in [7, 11) is 1.32. The number of aliphatic imine (C=N–C) groups is 1. The maximum atomic E-state index is 11.4. The van der Waals surface area contributed by atoms with E-state index in [1.54, 1.807) is 12.4 Å². The molecule has 0 rings (SSSR count). The summed E-state index contributed by atoms with van der Waals surface area (Å²) >= 11 is 1.28. The van der Waals surface area contributed by atoms with E-state index in [1.807, 2.05) is 13.8 Å². The van der Waals surface area contributed by atoms with Crippen LogP contribution < -0.4 is 5.32 Å². The van der Waals surface area contributed by atoms with Gasteiger partial charge >= 0.3 is 5.97 Å². The Morgan fingerprint density at radius 1 is 1.60 bits per heavy atom. The van der Waals surface area contributed by atoms with Crippen molar-refractivity contribution in [3.8, 4) is 6.19 Å². The average Bonchev–Trinajstić information content (AvgIpc) is 2.22. The molecule has 0 spiro atoms. The van der Waals surface area contributed by atoms with Crippen LogP contribution in [0.5, 0.6) is 0 Å². The Balaban J connectivity index is 4.78. The fourth-order valence-electron chi connectivity index (χ4n) is 0.905. The van der Waals surface area contributed by atoms with Gasteiger partial charge < -0.3 is 4.74 Å². The SMILES string of the molecule is COC(=O)C(N=C(NC#N)SC)C(C)C. The molecule has 0 aromatic heterocycles. The topological polar surface area (TPSA) is 74.5 Å². The third-order valence-corrected chi connectivity index (χ3v) is 2.28. The number of hydrogen-bond donors (Lipinski definition) is 1. The van der Waals surface area contributed by atoms with Crippen LogP contribution in [0, 0.1) is 17.4 Å². The number of hydrogen-bond acceptors (Lipinski definition) is 5. The van der Waals surface area contributed by atoms with Gasteiger partial charge in [-0.2, -0.15) is 5.26 Å². The smallest absolute Gasteiger partial charge is 0.330 e. The Hall–Kier alpha value is -1.22. The first-order valence-corrected chi connectivity index (χ1v) is 5.64. The highest BCUT2D eigenvalue weighted by molar-refractivity contribution is 8.13. The second-order valence-corrected chi connectivity index (χ2v) is 3.88. The van der Waals surface area contributed by atoms with E-state index in [0.717, 1.165) is 0 Å². The number of rotatable bonds is 3. The maximum absolute atomic E-state index is 11.4. The molecular weight excluding hydrogens is 214 g/mol. The third-order valence-electron chi connectivity index (χ3n) is 1.69. The zero-order valence-electron chi connectivity index (χ0n) is 9.27. The second kappa shape index (κ2) is 7.12. The molecule has 0 saturated carbocycles. The number of nitrogens with zero attached hydrogens (tertiary/aromatic N) is 2. The first-order valence-electron chi connectivity index (χ1n) is 4.41. The Morgan fingerprint density at radius 3 is 2.53 bits per heavy atom. The number of nitrogens with one attached hydrogen (secondary N) is 1. The monoisotopic (exact) mass is 229 g/mol. The standard InChI is InChI=1S/C9H15N3O2S/c1-6(2)7(8(13)14-3)12-9(15-4)11-5-10/h6-7H,1-4H3,(H,11,12). The molecule has 15 heavy (non-hydrogen) atoms. The number of carbonyl (C=O) groups is 1. The van der Waals surface area contributed by atoms with Crippen molar-refractivity contribution in [1.82, 2.24) is 5.32 Å². The first-order chi connectivity index (χ1) is 7.06. The van der Waals surface area contributed by atoms with Crippen LogP contribution in [-0.2, 0) is 9.53 Å². The molecule has 0 aromatic rings. The van der Waals surface area contributed by atoms with Crippen LogP contribution in [-0.4, -0.2) is 30.5 Å². The summed E-state index contributed by atoms with van der Waals surface area (Å²) in [6.07, 6.45) is 3.54. The molecule has 1 atom stereocenters. The quantitative estimate of drug-likeness (QED) is 0.257. The van der Waals surface area contributed by atoms with Crippen LogP contribution in [0.15, 0.2) is 4.99 Å². The molecule has 0 aromatic carbocycles. The number of nitriles is 1. The summed E-state index contributed by atoms with van der Waals surface area (Å²) < 4.78 is 4.63. The molecule has 1 unspecified atom stereocenters. The molecule has 0 amide bonds. The van der Waals surface area contributed by atoms with Gasteiger partial charge in [0.1, 0.15) is 0 Å². The highest BCUT2D eigenvalue weighted by Crippen LogP contribution is 2.10. The molecule has 0 fully saturated rings. The van der Waals surface area contributed by atoms with E-state index in [4.69, 9.17) is 5.26 Å². The fraction of sp³-hybridized carbons (Fsp3) is 0.667. The fourth-order valence-corrected chi connectivity index (χ4v) is 1.27. The van der Waals surface area contributed by atoms with Gasteiger partial charge in [-0.25, -0.2) is 9.79 Å². The molecule has 84 valence electrons. The lowest BCUT2D eigenvalue weighted by Gasteiger charge is -2.14. The lowest BCUT2D eigenvalue weighted by Crippen LogP contribution is -2.29. The minimum Gasteiger partial charge on any atom is -0.467 e. The Labute approximate surface area is 93.9 Å². The molecule has 5 nitrogen and oxygen atoms in total. The largest absolute Gasteiger partial charge is 0.467 e. The Kier molecular flexibility index (Phi) is 6.54. The molecular formula is C9H15N3O2S. The molecule has 0 heterocycles. The van der Waals surface area contributed by atoms with Crippen molar-refractivity contribution in [2.45, 2.75) is 19.9 Å². The van der Waals surface area contributed by atoms with E-state index in [0.29, 0.717) is 5.17 Å². The lowest BCUT2D eigenvalue weighted by atomic mass is 10.1. The van der Waals surface area contributed by atoms with Crippen molar-refractivity contribution < 1.29 is 9.53 Å². The summed E-state index contributed by atoms with van der Waals surface area (Å²) in [6.45, 7) is 3.74. The van der Waals surface area contributed by atoms with E-state index < -0.39 is 12.0 Å². The zero-order chi connectivity index (χ0) is 11.8. The number of esters is 1. The molecule has 0 saturated heterocycles. The molecule has 0 aliphatic carbocycles. The second-order valence-electron chi connectivity index (χ2n) is 3.09. The van der Waals surface area contributed by atoms with Crippen molar-refractivity contribution in [1.29, 1.82) is 5.26 Å². The van der Waals surface area contributed by atoms with Gasteiger partial charge in [-0.15, -0.1) is 0 Å². The van der Waals surface area contributed by atoms with Crippen molar-refractivity contribution in [2.75, 3.05) is 13.4 Å². The van der Waals surface area contributed by atoms with E-state index in [2.05, 4.69) is 15.0 Å². The van der Waals surface area contributed by atoms with Gasteiger partial charge in [0.25, 0.3) is 0 Å². The minimum absolute atomic E-state index is 0.0279. The summed E-state index contributed by atoms with van der Waals surface area (Å²) in [6, 6.07) is -0.571. The van der Waals surface area contributed by atoms with Gasteiger partial charge in [-0.3, -0.25) is 5.32 Å². The van der Waals surface area contributed by atoms with Gasteiger partial charge in [0.15, 0.2) is 17.4 Å². The van der Waals surface area contributed by atoms with Crippen molar-refractivity contribution in [3.63, 3.8) is 0 Å². The maximum Gasteiger partial charge on any atom is 0.330 e. The van der Waals surface area contributed by atoms with Gasteiger partial charge in [0.2, 0.25) is 0 Å². The summed E-state index contributed by atoms with van der Waals surface area (Å²) in [5.74, 6) is -0.364. The Morgan fingerprint density at radius 2 is 2.20 bits per heavy atom. The molecule has 1 N–H and O–H groups in total. The molecule has 6 heteroatoms. The van der Waals surface area contributed by atoms with E-state index >= 15 is 0 Å². The highest BCUT2D eigenvalue weighted by Gasteiger charge is 2.22. The number of methoxy groups -OCH3 is 1. The van der Waals surface area contributed by atoms with Crippen LogP contribution in [0.1, 0.15) is 13.8 Å². The summed E-state index contributed by atoms with van der Waals surface area (Å²) in [5.41, 5.74) is 0. The normalized spacial score (nSPS) is 13.2. The van der Waals surface area contributed by atoms with Crippen LogP contribution in [0.25, 0.3) is 0 Å². The molecule has 0 radical (unpaired) electrons. The van der Waals surface area contributed by atoms with E-state index in [9.17, 15) is 4.79 Å². The third kappa shape index (κ3) is 4.70. The van der Waals surface area contributed by atoms with Crippen LogP contribution in [0.4, 0.5) is 0 Å². The predicted octanol–water partition coefficient (Wildman–Crippen LogP) is 0.974. The number of amidine groups is 1. The molecule has 0 aliphatic rings. The van der Waals surface area contributed by atoms with Gasteiger partial charge in [-0.1, -0.05) is 25.6 Å². The first kappa shape index (κ1) is 13.8. The molecule has 0 aliphatic heterocycles. The number of thioether (sulfide) groups is 1. The summed E-state index contributed by atoms with van der Waals surface area (Å²) in [4.78, 5) is 15.5. The van der Waals surface area contributed by atoms with Gasteiger partial charge in [0, 0.05) is 0 Å². The molecule has 0 bridgehead atoms. The minimum atomic E-state index is -0.571. The lowest BCUT2D eigenvalue weighted by molar-refractivity contribution is -0.143. The summed E-state index contributed by atoms with van der Waals surface area (Å²) in [5, 5.41) is 11.3. The van der Waals surface area contributed by atoms with Gasteiger partial charge in [-0.05, 0) is 12.2 Å². The Bertz CT molecular complexity index is 284. The number of ether oxygens (including phenoxy) is 1. The highest BCUT2D eigenvalue weighted by atomic mass is 32.2.